The van der Waals surface area contributed by atoms with Crippen molar-refractivity contribution in [3.8, 4) is 11.5 Å². The minimum Gasteiger partial charge on any atom is -0.497 e. The standard InChI is InChI=1S/C19H23NO3/c1-5-17(22-3)19(14-9-7-6-8-10-14)20-16-12-11-15(21-2)13-18(16)23-4/h5-13,17,19-20H,1H2,2-4H3/t17-,19-/m0/s1. The molecule has 0 aromatic heterocycles. The van der Waals surface area contributed by atoms with Gasteiger partial charge in [-0.1, -0.05) is 36.4 Å². The van der Waals surface area contributed by atoms with Crippen LogP contribution in [-0.4, -0.2) is 27.4 Å². The lowest BCUT2D eigenvalue weighted by Crippen LogP contribution is -2.25. The zero-order chi connectivity index (χ0) is 16.7. The highest BCUT2D eigenvalue weighted by molar-refractivity contribution is 5.60. The van der Waals surface area contributed by atoms with E-state index in [0.717, 1.165) is 17.0 Å². The fourth-order valence-corrected chi connectivity index (χ4v) is 2.47. The third-order valence-electron chi connectivity index (χ3n) is 3.71. The van der Waals surface area contributed by atoms with Crippen LogP contribution in [0.5, 0.6) is 11.5 Å². The predicted octanol–water partition coefficient (Wildman–Crippen LogP) is 4.06. The van der Waals surface area contributed by atoms with Gasteiger partial charge in [-0.3, -0.25) is 0 Å². The van der Waals surface area contributed by atoms with Crippen molar-refractivity contribution in [1.29, 1.82) is 0 Å². The lowest BCUT2D eigenvalue weighted by molar-refractivity contribution is 0.124. The molecule has 0 saturated heterocycles. The second kappa shape index (κ2) is 8.25. The first-order valence-corrected chi connectivity index (χ1v) is 7.42. The van der Waals surface area contributed by atoms with E-state index in [1.807, 2.05) is 36.4 Å². The van der Waals surface area contributed by atoms with Crippen LogP contribution in [0.4, 0.5) is 5.69 Å². The quantitative estimate of drug-likeness (QED) is 0.746. The molecule has 0 unspecified atom stereocenters. The molecular formula is C19H23NO3. The maximum atomic E-state index is 5.56. The molecule has 0 radical (unpaired) electrons. The van der Waals surface area contributed by atoms with Crippen LogP contribution in [0.2, 0.25) is 0 Å². The lowest BCUT2D eigenvalue weighted by atomic mass is 10.0. The Morgan fingerprint density at radius 2 is 1.74 bits per heavy atom. The first-order chi connectivity index (χ1) is 11.2. The highest BCUT2D eigenvalue weighted by Gasteiger charge is 2.21. The molecule has 122 valence electrons. The van der Waals surface area contributed by atoms with Crippen LogP contribution in [0.25, 0.3) is 0 Å². The number of hydrogen-bond acceptors (Lipinski definition) is 4. The van der Waals surface area contributed by atoms with Gasteiger partial charge in [0.25, 0.3) is 0 Å². The third kappa shape index (κ3) is 4.05. The van der Waals surface area contributed by atoms with Crippen molar-refractivity contribution in [2.45, 2.75) is 12.1 Å². The summed E-state index contributed by atoms with van der Waals surface area (Å²) < 4.78 is 16.3. The third-order valence-corrected chi connectivity index (χ3v) is 3.71. The minimum absolute atomic E-state index is 0.0824. The molecule has 0 aliphatic rings. The smallest absolute Gasteiger partial charge is 0.145 e. The molecule has 2 rings (SSSR count). The summed E-state index contributed by atoms with van der Waals surface area (Å²) in [5.74, 6) is 1.46. The second-order valence-electron chi connectivity index (χ2n) is 5.03. The fraction of sp³-hybridized carbons (Fsp3) is 0.263. The normalized spacial score (nSPS) is 13.0. The number of hydrogen-bond donors (Lipinski definition) is 1. The first-order valence-electron chi connectivity index (χ1n) is 7.42. The Bertz CT molecular complexity index is 628. The highest BCUT2D eigenvalue weighted by Crippen LogP contribution is 2.33. The summed E-state index contributed by atoms with van der Waals surface area (Å²) in [5, 5.41) is 3.49. The second-order valence-corrected chi connectivity index (χ2v) is 5.03. The summed E-state index contributed by atoms with van der Waals surface area (Å²) in [4.78, 5) is 0. The summed E-state index contributed by atoms with van der Waals surface area (Å²) in [7, 11) is 4.95. The maximum Gasteiger partial charge on any atom is 0.145 e. The lowest BCUT2D eigenvalue weighted by Gasteiger charge is -2.27. The van der Waals surface area contributed by atoms with E-state index in [9.17, 15) is 0 Å². The molecule has 0 aliphatic carbocycles. The van der Waals surface area contributed by atoms with Crippen LogP contribution in [0.1, 0.15) is 11.6 Å². The average molecular weight is 313 g/mol. The number of methoxy groups -OCH3 is 3. The van der Waals surface area contributed by atoms with Gasteiger partial charge in [-0.2, -0.15) is 0 Å². The molecule has 4 heteroatoms. The molecule has 1 N–H and O–H groups in total. The number of rotatable bonds is 8. The Labute approximate surface area is 137 Å². The van der Waals surface area contributed by atoms with Gasteiger partial charge in [-0.05, 0) is 17.7 Å². The summed E-state index contributed by atoms with van der Waals surface area (Å²) >= 11 is 0. The van der Waals surface area contributed by atoms with E-state index in [1.165, 1.54) is 0 Å². The Balaban J connectivity index is 2.36. The molecule has 4 nitrogen and oxygen atoms in total. The summed E-state index contributed by atoms with van der Waals surface area (Å²) in [6.07, 6.45) is 1.62. The first kappa shape index (κ1) is 16.9. The fourth-order valence-electron chi connectivity index (χ4n) is 2.47. The largest absolute Gasteiger partial charge is 0.497 e. The zero-order valence-corrected chi connectivity index (χ0v) is 13.8. The van der Waals surface area contributed by atoms with Gasteiger partial charge < -0.3 is 19.5 Å². The van der Waals surface area contributed by atoms with E-state index >= 15 is 0 Å². The molecule has 0 spiro atoms. The molecule has 0 aliphatic heterocycles. The van der Waals surface area contributed by atoms with Crippen molar-refractivity contribution in [1.82, 2.24) is 0 Å². The van der Waals surface area contributed by atoms with E-state index in [4.69, 9.17) is 14.2 Å². The van der Waals surface area contributed by atoms with Gasteiger partial charge in [0.1, 0.15) is 11.5 Å². The summed E-state index contributed by atoms with van der Waals surface area (Å²) in [6.45, 7) is 3.87. The van der Waals surface area contributed by atoms with Crippen LogP contribution >= 0.6 is 0 Å². The van der Waals surface area contributed by atoms with E-state index in [0.29, 0.717) is 5.75 Å². The maximum absolute atomic E-state index is 5.56. The SMILES string of the molecule is C=C[C@H](OC)[C@@H](Nc1ccc(OC)cc1OC)c1ccccc1. The van der Waals surface area contributed by atoms with Crippen LogP contribution < -0.4 is 14.8 Å². The Morgan fingerprint density at radius 1 is 1.00 bits per heavy atom. The Morgan fingerprint density at radius 3 is 2.30 bits per heavy atom. The number of anilines is 1. The van der Waals surface area contributed by atoms with Crippen molar-refractivity contribution in [3.05, 3.63) is 66.7 Å². The van der Waals surface area contributed by atoms with E-state index in [-0.39, 0.29) is 12.1 Å². The monoisotopic (exact) mass is 313 g/mol. The van der Waals surface area contributed by atoms with Crippen LogP contribution in [0.3, 0.4) is 0 Å². The van der Waals surface area contributed by atoms with Crippen LogP contribution in [-0.2, 0) is 4.74 Å². The van der Waals surface area contributed by atoms with Crippen LogP contribution in [0.15, 0.2) is 61.2 Å². The van der Waals surface area contributed by atoms with Gasteiger partial charge in [0.2, 0.25) is 0 Å². The Hall–Kier alpha value is -2.46. The van der Waals surface area contributed by atoms with Crippen molar-refractivity contribution < 1.29 is 14.2 Å². The van der Waals surface area contributed by atoms with E-state index in [1.54, 1.807) is 27.4 Å². The number of ether oxygens (including phenoxy) is 3. The number of nitrogens with one attached hydrogen (secondary N) is 1. The Kier molecular flexibility index (Phi) is 6.06. The molecular weight excluding hydrogens is 290 g/mol. The predicted molar refractivity (Wildman–Crippen MR) is 93.3 cm³/mol. The van der Waals surface area contributed by atoms with E-state index in [2.05, 4.69) is 24.0 Å². The van der Waals surface area contributed by atoms with Gasteiger partial charge in [-0.25, -0.2) is 0 Å². The topological polar surface area (TPSA) is 39.7 Å². The molecule has 0 heterocycles. The molecule has 2 aromatic rings. The van der Waals surface area contributed by atoms with Crippen molar-refractivity contribution >= 4 is 5.69 Å². The van der Waals surface area contributed by atoms with Gasteiger partial charge in [0.15, 0.2) is 0 Å². The molecule has 0 fully saturated rings. The average Bonchev–Trinajstić information content (AvgIpc) is 2.62. The molecule has 2 atom stereocenters. The molecule has 0 bridgehead atoms. The van der Waals surface area contributed by atoms with Crippen molar-refractivity contribution in [2.75, 3.05) is 26.6 Å². The van der Waals surface area contributed by atoms with Crippen molar-refractivity contribution in [3.63, 3.8) is 0 Å². The highest BCUT2D eigenvalue weighted by atomic mass is 16.5. The minimum atomic E-state index is -0.177. The molecule has 0 saturated carbocycles. The molecule has 23 heavy (non-hydrogen) atoms. The molecule has 2 aromatic carbocycles. The summed E-state index contributed by atoms with van der Waals surface area (Å²) in [6, 6.07) is 15.7. The zero-order valence-electron chi connectivity index (χ0n) is 13.8. The number of benzene rings is 2. The van der Waals surface area contributed by atoms with Gasteiger partial charge in [-0.15, -0.1) is 6.58 Å². The summed E-state index contributed by atoms with van der Waals surface area (Å²) in [5.41, 5.74) is 1.98. The van der Waals surface area contributed by atoms with Crippen molar-refractivity contribution in [2.24, 2.45) is 0 Å². The van der Waals surface area contributed by atoms with Gasteiger partial charge >= 0.3 is 0 Å². The van der Waals surface area contributed by atoms with Crippen LogP contribution in [0, 0.1) is 0 Å². The van der Waals surface area contributed by atoms with E-state index < -0.39 is 0 Å². The molecule has 0 amide bonds. The van der Waals surface area contributed by atoms with Gasteiger partial charge in [0, 0.05) is 13.2 Å². The van der Waals surface area contributed by atoms with Gasteiger partial charge in [0.05, 0.1) is 32.1 Å².